The van der Waals surface area contributed by atoms with E-state index in [0.29, 0.717) is 12.0 Å². The van der Waals surface area contributed by atoms with Gasteiger partial charge in [-0.2, -0.15) is 0 Å². The molecule has 0 saturated carbocycles. The summed E-state index contributed by atoms with van der Waals surface area (Å²) in [5, 5.41) is 3.73. The van der Waals surface area contributed by atoms with Crippen LogP contribution in [0.1, 0.15) is 57.1 Å². The molecule has 1 nitrogen and oxygen atoms in total. The van der Waals surface area contributed by atoms with Crippen molar-refractivity contribution in [2.75, 3.05) is 6.54 Å². The average Bonchev–Trinajstić information content (AvgIpc) is 2.59. The van der Waals surface area contributed by atoms with Crippen LogP contribution < -0.4 is 5.32 Å². The third kappa shape index (κ3) is 4.33. The van der Waals surface area contributed by atoms with Gasteiger partial charge in [0.25, 0.3) is 0 Å². The summed E-state index contributed by atoms with van der Waals surface area (Å²) in [5.41, 5.74) is 5.48. The monoisotopic (exact) mass is 297 g/mol. The van der Waals surface area contributed by atoms with E-state index in [9.17, 15) is 0 Å². The lowest BCUT2D eigenvalue weighted by molar-refractivity contribution is 0.324. The highest BCUT2D eigenvalue weighted by atomic mass is 14.9. The van der Waals surface area contributed by atoms with E-state index in [1.165, 1.54) is 41.5 Å². The Kier molecular flexibility index (Phi) is 6.45. The molecular weight excluding hydrogens is 266 g/mol. The number of hydrogen-bond donors (Lipinski definition) is 1. The minimum Gasteiger partial charge on any atom is -0.313 e. The predicted molar refractivity (Wildman–Crippen MR) is 98.0 cm³/mol. The first-order valence-electron chi connectivity index (χ1n) is 8.82. The number of allylic oxidation sites excluding steroid dienone is 1. The largest absolute Gasteiger partial charge is 0.313 e. The molecule has 0 spiro atoms. The van der Waals surface area contributed by atoms with Crippen LogP contribution in [0.5, 0.6) is 0 Å². The molecule has 1 heterocycles. The highest BCUT2D eigenvalue weighted by molar-refractivity contribution is 5.66. The summed E-state index contributed by atoms with van der Waals surface area (Å²) in [6, 6.07) is 9.41. The van der Waals surface area contributed by atoms with Crippen LogP contribution in [0.15, 0.2) is 43.0 Å². The molecule has 1 N–H and O–H groups in total. The molecule has 0 radical (unpaired) electrons. The van der Waals surface area contributed by atoms with Crippen molar-refractivity contribution in [3.05, 3.63) is 54.1 Å². The van der Waals surface area contributed by atoms with Crippen molar-refractivity contribution in [2.45, 2.75) is 58.4 Å². The van der Waals surface area contributed by atoms with Gasteiger partial charge in [0.05, 0.1) is 0 Å². The second kappa shape index (κ2) is 8.33. The summed E-state index contributed by atoms with van der Waals surface area (Å²) in [4.78, 5) is 0. The summed E-state index contributed by atoms with van der Waals surface area (Å²) < 4.78 is 0. The lowest BCUT2D eigenvalue weighted by Gasteiger charge is -2.31. The van der Waals surface area contributed by atoms with Gasteiger partial charge < -0.3 is 5.32 Å². The Hall–Kier alpha value is -1.34. The van der Waals surface area contributed by atoms with Crippen molar-refractivity contribution in [3.8, 4) is 0 Å². The number of piperidine rings is 1. The second-order valence-electron chi connectivity index (χ2n) is 6.54. The minimum atomic E-state index is 0.656. The Labute approximate surface area is 136 Å². The summed E-state index contributed by atoms with van der Waals surface area (Å²) in [7, 11) is 0. The Morgan fingerprint density at radius 2 is 1.91 bits per heavy atom. The second-order valence-corrected chi connectivity index (χ2v) is 6.54. The summed E-state index contributed by atoms with van der Waals surface area (Å²) >= 11 is 0. The van der Waals surface area contributed by atoms with Crippen LogP contribution >= 0.6 is 0 Å². The number of aryl methyl sites for hydroxylation is 1. The maximum atomic E-state index is 4.21. The average molecular weight is 297 g/mol. The molecule has 1 saturated heterocycles. The highest BCUT2D eigenvalue weighted by Gasteiger charge is 2.21. The SMILES string of the molecule is C=C(CC)c1ccccc1CCC1CCC(C(=C)CC)CN1. The number of nitrogens with one attached hydrogen (secondary N) is 1. The first-order valence-corrected chi connectivity index (χ1v) is 8.82. The van der Waals surface area contributed by atoms with Crippen molar-refractivity contribution in [3.63, 3.8) is 0 Å². The molecule has 1 aliphatic rings. The van der Waals surface area contributed by atoms with Gasteiger partial charge in [-0.1, -0.05) is 56.8 Å². The fourth-order valence-corrected chi connectivity index (χ4v) is 3.40. The molecule has 1 aromatic rings. The van der Waals surface area contributed by atoms with Gasteiger partial charge >= 0.3 is 0 Å². The van der Waals surface area contributed by atoms with Crippen LogP contribution in [-0.4, -0.2) is 12.6 Å². The van der Waals surface area contributed by atoms with Gasteiger partial charge in [0, 0.05) is 12.6 Å². The third-order valence-corrected chi connectivity index (χ3v) is 5.14. The molecule has 120 valence electrons. The van der Waals surface area contributed by atoms with Gasteiger partial charge in [0.15, 0.2) is 0 Å². The van der Waals surface area contributed by atoms with E-state index >= 15 is 0 Å². The molecule has 2 rings (SSSR count). The van der Waals surface area contributed by atoms with Gasteiger partial charge in [-0.05, 0) is 61.1 Å². The third-order valence-electron chi connectivity index (χ3n) is 5.14. The van der Waals surface area contributed by atoms with Crippen LogP contribution in [-0.2, 0) is 6.42 Å². The zero-order valence-electron chi connectivity index (χ0n) is 14.3. The zero-order chi connectivity index (χ0) is 15.9. The lowest BCUT2D eigenvalue weighted by Crippen LogP contribution is -2.39. The zero-order valence-corrected chi connectivity index (χ0v) is 14.3. The first-order chi connectivity index (χ1) is 10.7. The van der Waals surface area contributed by atoms with Gasteiger partial charge in [0.2, 0.25) is 0 Å². The lowest BCUT2D eigenvalue weighted by atomic mass is 9.86. The molecule has 0 aliphatic carbocycles. The Balaban J connectivity index is 1.87. The minimum absolute atomic E-state index is 0.656. The van der Waals surface area contributed by atoms with Crippen LogP contribution in [0.4, 0.5) is 0 Å². The maximum absolute atomic E-state index is 4.21. The van der Waals surface area contributed by atoms with Crippen molar-refractivity contribution in [1.29, 1.82) is 0 Å². The molecule has 0 bridgehead atoms. The van der Waals surface area contributed by atoms with E-state index in [-0.39, 0.29) is 0 Å². The van der Waals surface area contributed by atoms with Gasteiger partial charge in [-0.15, -0.1) is 0 Å². The van der Waals surface area contributed by atoms with E-state index in [0.717, 1.165) is 25.8 Å². The van der Waals surface area contributed by atoms with E-state index in [1.54, 1.807) is 0 Å². The van der Waals surface area contributed by atoms with E-state index in [1.807, 2.05) is 0 Å². The standard InChI is InChI=1S/C21H31N/c1-5-16(3)19-12-14-20(22-15-19)13-11-18-9-7-8-10-21(18)17(4)6-2/h7-10,19-20,22H,3-6,11-15H2,1-2H3. The maximum Gasteiger partial charge on any atom is 0.00706 e. The van der Waals surface area contributed by atoms with Gasteiger partial charge in [-0.25, -0.2) is 0 Å². The van der Waals surface area contributed by atoms with Crippen LogP contribution in [0.3, 0.4) is 0 Å². The Morgan fingerprint density at radius 3 is 2.55 bits per heavy atom. The van der Waals surface area contributed by atoms with Gasteiger partial charge in [0.1, 0.15) is 0 Å². The quantitative estimate of drug-likeness (QED) is 0.666. The fraction of sp³-hybridized carbons (Fsp3) is 0.524. The van der Waals surface area contributed by atoms with Gasteiger partial charge in [-0.3, -0.25) is 0 Å². The van der Waals surface area contributed by atoms with Crippen molar-refractivity contribution in [2.24, 2.45) is 5.92 Å². The van der Waals surface area contributed by atoms with E-state index < -0.39 is 0 Å². The molecule has 22 heavy (non-hydrogen) atoms. The summed E-state index contributed by atoms with van der Waals surface area (Å²) in [5.74, 6) is 0.688. The smallest absolute Gasteiger partial charge is 0.00706 e. The van der Waals surface area contributed by atoms with E-state index in [2.05, 4.69) is 56.6 Å². The molecule has 1 aromatic carbocycles. The molecule has 2 atom stereocenters. The predicted octanol–water partition coefficient (Wildman–Crippen LogP) is 5.38. The molecular formula is C21H31N. The topological polar surface area (TPSA) is 12.0 Å². The normalized spacial score (nSPS) is 21.5. The number of rotatable bonds is 7. The number of benzene rings is 1. The van der Waals surface area contributed by atoms with Crippen LogP contribution in [0, 0.1) is 5.92 Å². The van der Waals surface area contributed by atoms with Crippen LogP contribution in [0.2, 0.25) is 0 Å². The van der Waals surface area contributed by atoms with Crippen molar-refractivity contribution < 1.29 is 0 Å². The van der Waals surface area contributed by atoms with Crippen LogP contribution in [0.25, 0.3) is 5.57 Å². The molecule has 1 aliphatic heterocycles. The van der Waals surface area contributed by atoms with Crippen molar-refractivity contribution >= 4 is 5.57 Å². The Bertz CT molecular complexity index is 506. The highest BCUT2D eigenvalue weighted by Crippen LogP contribution is 2.26. The molecule has 1 fully saturated rings. The fourth-order valence-electron chi connectivity index (χ4n) is 3.40. The number of hydrogen-bond acceptors (Lipinski definition) is 1. The van der Waals surface area contributed by atoms with Crippen molar-refractivity contribution in [1.82, 2.24) is 5.32 Å². The Morgan fingerprint density at radius 1 is 1.14 bits per heavy atom. The summed E-state index contributed by atoms with van der Waals surface area (Å²) in [6.07, 6.45) is 7.09. The molecule has 1 heteroatoms. The molecule has 0 amide bonds. The van der Waals surface area contributed by atoms with E-state index in [4.69, 9.17) is 0 Å². The molecule has 2 unspecified atom stereocenters. The summed E-state index contributed by atoms with van der Waals surface area (Å²) in [6.45, 7) is 13.9. The first kappa shape index (κ1) is 17.0. The molecule has 0 aromatic heterocycles.